The molecule has 2 N–H and O–H groups in total. The Hall–Kier alpha value is -2.04. The van der Waals surface area contributed by atoms with Crippen molar-refractivity contribution in [3.63, 3.8) is 0 Å². The first kappa shape index (κ1) is 13.4. The molecule has 2 heterocycles. The third kappa shape index (κ3) is 3.47. The van der Waals surface area contributed by atoms with Gasteiger partial charge in [-0.15, -0.1) is 0 Å². The normalized spacial score (nSPS) is 11.1. The second-order valence-electron chi connectivity index (χ2n) is 4.96. The van der Waals surface area contributed by atoms with Crippen LogP contribution in [0.3, 0.4) is 0 Å². The number of rotatable bonds is 6. The second-order valence-corrected chi connectivity index (χ2v) is 4.96. The Morgan fingerprint density at radius 2 is 2.32 bits per heavy atom. The summed E-state index contributed by atoms with van der Waals surface area (Å²) in [5.41, 5.74) is 1.54. The first-order chi connectivity index (χ1) is 9.06. The van der Waals surface area contributed by atoms with E-state index in [1.165, 1.54) is 0 Å². The van der Waals surface area contributed by atoms with Crippen LogP contribution in [0.5, 0.6) is 0 Å². The van der Waals surface area contributed by atoms with Crippen LogP contribution >= 0.6 is 0 Å². The molecule has 2 rings (SSSR count). The van der Waals surface area contributed by atoms with E-state index in [1.54, 1.807) is 6.20 Å². The topological polar surface area (TPSA) is 79.1 Å². The summed E-state index contributed by atoms with van der Waals surface area (Å²) in [6.45, 7) is 4.19. The fourth-order valence-electron chi connectivity index (χ4n) is 1.91. The van der Waals surface area contributed by atoms with Crippen molar-refractivity contribution in [1.29, 1.82) is 0 Å². The third-order valence-electron chi connectivity index (χ3n) is 2.74. The van der Waals surface area contributed by atoms with Crippen LogP contribution in [0.1, 0.15) is 31.9 Å². The van der Waals surface area contributed by atoms with E-state index in [0.717, 1.165) is 12.1 Å². The van der Waals surface area contributed by atoms with Gasteiger partial charge < -0.3 is 14.5 Å². The lowest BCUT2D eigenvalue weighted by molar-refractivity contribution is -0.136. The van der Waals surface area contributed by atoms with Gasteiger partial charge in [0.15, 0.2) is 11.7 Å². The van der Waals surface area contributed by atoms with E-state index in [1.807, 2.05) is 12.1 Å². The fraction of sp³-hybridized carbons (Fsp3) is 0.429. The number of hydrogen-bond acceptors (Lipinski definition) is 3. The Morgan fingerprint density at radius 1 is 1.53 bits per heavy atom. The molecule has 0 bridgehead atoms. The number of aromatic nitrogens is 2. The van der Waals surface area contributed by atoms with Crippen molar-refractivity contribution < 1.29 is 14.3 Å². The smallest absolute Gasteiger partial charge is 0.303 e. The molecular weight excluding hydrogens is 244 g/mol. The standard InChI is InChI=1S/C14H18N2O3/c1-9(2)8-12-16-11(5-6-13(17)18)14(19-12)10-4-3-7-15-10/h3-4,7,9,15H,5-6,8H2,1-2H3,(H,17,18). The maximum absolute atomic E-state index is 10.7. The highest BCUT2D eigenvalue weighted by atomic mass is 16.4. The molecule has 0 spiro atoms. The van der Waals surface area contributed by atoms with Crippen LogP contribution in [0.25, 0.3) is 11.5 Å². The summed E-state index contributed by atoms with van der Waals surface area (Å²) in [7, 11) is 0. The van der Waals surface area contributed by atoms with E-state index < -0.39 is 5.97 Å². The Morgan fingerprint density at radius 3 is 2.89 bits per heavy atom. The highest BCUT2D eigenvalue weighted by Crippen LogP contribution is 2.25. The number of hydrogen-bond donors (Lipinski definition) is 2. The summed E-state index contributed by atoms with van der Waals surface area (Å²) in [6.07, 6.45) is 2.99. The van der Waals surface area contributed by atoms with Crippen molar-refractivity contribution in [2.45, 2.75) is 33.1 Å². The molecule has 0 atom stereocenters. The molecule has 0 aliphatic heterocycles. The lowest BCUT2D eigenvalue weighted by atomic mass is 10.1. The summed E-state index contributed by atoms with van der Waals surface area (Å²) in [5.74, 6) is 0.940. The molecule has 0 fully saturated rings. The van der Waals surface area contributed by atoms with E-state index in [-0.39, 0.29) is 6.42 Å². The summed E-state index contributed by atoms with van der Waals surface area (Å²) >= 11 is 0. The molecule has 0 aliphatic rings. The first-order valence-electron chi connectivity index (χ1n) is 6.40. The first-order valence-corrected chi connectivity index (χ1v) is 6.40. The molecule has 0 radical (unpaired) electrons. The SMILES string of the molecule is CC(C)Cc1nc(CCC(=O)O)c(-c2ccc[nH]2)o1. The van der Waals surface area contributed by atoms with E-state index in [2.05, 4.69) is 23.8 Å². The van der Waals surface area contributed by atoms with Crippen LogP contribution in [0.4, 0.5) is 0 Å². The van der Waals surface area contributed by atoms with E-state index in [4.69, 9.17) is 9.52 Å². The minimum Gasteiger partial charge on any atom is -0.481 e. The minimum atomic E-state index is -0.828. The van der Waals surface area contributed by atoms with Crippen molar-refractivity contribution in [2.24, 2.45) is 5.92 Å². The quantitative estimate of drug-likeness (QED) is 0.839. The average Bonchev–Trinajstić information content (AvgIpc) is 2.93. The molecule has 5 nitrogen and oxygen atoms in total. The van der Waals surface area contributed by atoms with Crippen LogP contribution in [-0.2, 0) is 17.6 Å². The highest BCUT2D eigenvalue weighted by molar-refractivity contribution is 5.67. The Labute approximate surface area is 111 Å². The molecule has 5 heteroatoms. The zero-order valence-corrected chi connectivity index (χ0v) is 11.1. The number of carboxylic acid groups (broad SMARTS) is 1. The molecule has 19 heavy (non-hydrogen) atoms. The molecule has 0 aliphatic carbocycles. The van der Waals surface area contributed by atoms with E-state index in [9.17, 15) is 4.79 Å². The van der Waals surface area contributed by atoms with Gasteiger partial charge in [0.1, 0.15) is 0 Å². The highest BCUT2D eigenvalue weighted by Gasteiger charge is 2.17. The van der Waals surface area contributed by atoms with Gasteiger partial charge in [-0.25, -0.2) is 4.98 Å². The zero-order chi connectivity index (χ0) is 13.8. The number of oxazole rings is 1. The van der Waals surface area contributed by atoms with Crippen LogP contribution < -0.4 is 0 Å². The van der Waals surface area contributed by atoms with Crippen molar-refractivity contribution in [2.75, 3.05) is 0 Å². The maximum atomic E-state index is 10.7. The van der Waals surface area contributed by atoms with Crippen LogP contribution in [-0.4, -0.2) is 21.0 Å². The Kier molecular flexibility index (Phi) is 4.04. The molecule has 0 saturated heterocycles. The lowest BCUT2D eigenvalue weighted by Gasteiger charge is -1.97. The predicted molar refractivity (Wildman–Crippen MR) is 70.8 cm³/mol. The van der Waals surface area contributed by atoms with Gasteiger partial charge in [0.05, 0.1) is 17.8 Å². The number of aryl methyl sites for hydroxylation is 1. The van der Waals surface area contributed by atoms with Gasteiger partial charge in [0, 0.05) is 19.0 Å². The third-order valence-corrected chi connectivity index (χ3v) is 2.74. The van der Waals surface area contributed by atoms with Crippen LogP contribution in [0.2, 0.25) is 0 Å². The molecule has 0 aromatic carbocycles. The Bertz CT molecular complexity index is 541. The van der Waals surface area contributed by atoms with E-state index in [0.29, 0.717) is 29.7 Å². The van der Waals surface area contributed by atoms with Gasteiger partial charge in [-0.3, -0.25) is 4.79 Å². The molecule has 0 saturated carbocycles. The average molecular weight is 262 g/mol. The van der Waals surface area contributed by atoms with Crippen LogP contribution in [0, 0.1) is 5.92 Å². The van der Waals surface area contributed by atoms with Gasteiger partial charge in [-0.1, -0.05) is 13.8 Å². The second kappa shape index (κ2) is 5.73. The van der Waals surface area contributed by atoms with Crippen molar-refractivity contribution in [3.8, 4) is 11.5 Å². The molecule has 0 unspecified atom stereocenters. The summed E-state index contributed by atoms with van der Waals surface area (Å²) in [5, 5.41) is 8.78. The Balaban J connectivity index is 2.27. The van der Waals surface area contributed by atoms with Gasteiger partial charge in [0.2, 0.25) is 0 Å². The van der Waals surface area contributed by atoms with Crippen LogP contribution in [0.15, 0.2) is 22.7 Å². The van der Waals surface area contributed by atoms with E-state index >= 15 is 0 Å². The maximum Gasteiger partial charge on any atom is 0.303 e. The predicted octanol–water partition coefficient (Wildman–Crippen LogP) is 2.89. The summed E-state index contributed by atoms with van der Waals surface area (Å²) in [4.78, 5) is 18.2. The number of carbonyl (C=O) groups is 1. The van der Waals surface area contributed by atoms with Crippen molar-refractivity contribution in [3.05, 3.63) is 29.9 Å². The van der Waals surface area contributed by atoms with Crippen molar-refractivity contribution >= 4 is 5.97 Å². The van der Waals surface area contributed by atoms with Gasteiger partial charge in [-0.2, -0.15) is 0 Å². The molecule has 0 amide bonds. The van der Waals surface area contributed by atoms with Gasteiger partial charge in [0.25, 0.3) is 0 Å². The molecular formula is C14H18N2O3. The monoisotopic (exact) mass is 262 g/mol. The summed E-state index contributed by atoms with van der Waals surface area (Å²) < 4.78 is 5.77. The van der Waals surface area contributed by atoms with Crippen molar-refractivity contribution in [1.82, 2.24) is 9.97 Å². The zero-order valence-electron chi connectivity index (χ0n) is 11.1. The summed E-state index contributed by atoms with van der Waals surface area (Å²) in [6, 6.07) is 3.77. The fourth-order valence-corrected chi connectivity index (χ4v) is 1.91. The van der Waals surface area contributed by atoms with Gasteiger partial charge >= 0.3 is 5.97 Å². The number of aliphatic carboxylic acids is 1. The molecule has 2 aromatic rings. The number of H-pyrrole nitrogens is 1. The number of nitrogens with zero attached hydrogens (tertiary/aromatic N) is 1. The number of carboxylic acids is 1. The van der Waals surface area contributed by atoms with Gasteiger partial charge in [-0.05, 0) is 18.1 Å². The lowest BCUT2D eigenvalue weighted by Crippen LogP contribution is -1.99. The number of aromatic amines is 1. The number of nitrogens with one attached hydrogen (secondary N) is 1. The molecule has 2 aromatic heterocycles. The molecule has 102 valence electrons. The largest absolute Gasteiger partial charge is 0.481 e. The minimum absolute atomic E-state index is 0.0569.